The van der Waals surface area contributed by atoms with E-state index in [4.69, 9.17) is 15.2 Å². The first kappa shape index (κ1) is 13.3. The van der Waals surface area contributed by atoms with E-state index in [0.29, 0.717) is 24.7 Å². The molecule has 19 heavy (non-hydrogen) atoms. The summed E-state index contributed by atoms with van der Waals surface area (Å²) in [6, 6.07) is 13.7. The zero-order valence-corrected chi connectivity index (χ0v) is 11.3. The molecule has 2 aromatic rings. The number of hydrogen-bond donors (Lipinski definition) is 1. The summed E-state index contributed by atoms with van der Waals surface area (Å²) in [5.74, 6) is 1.56. The van der Waals surface area contributed by atoms with Gasteiger partial charge in [0.1, 0.15) is 24.7 Å². The largest absolute Gasteiger partial charge is 0.490 e. The predicted octanol–water partition coefficient (Wildman–Crippen LogP) is 3.34. The molecule has 0 fully saturated rings. The Morgan fingerprint density at radius 3 is 2.16 bits per heavy atom. The van der Waals surface area contributed by atoms with Crippen LogP contribution in [0.15, 0.2) is 42.5 Å². The van der Waals surface area contributed by atoms with Crippen LogP contribution in [0.4, 0.5) is 5.69 Å². The van der Waals surface area contributed by atoms with Gasteiger partial charge in [0, 0.05) is 0 Å². The summed E-state index contributed by atoms with van der Waals surface area (Å²) in [4.78, 5) is 0. The lowest BCUT2D eigenvalue weighted by atomic mass is 10.2. The second kappa shape index (κ2) is 6.14. The first-order valence-electron chi connectivity index (χ1n) is 6.33. The van der Waals surface area contributed by atoms with Crippen LogP contribution in [0.1, 0.15) is 11.1 Å². The van der Waals surface area contributed by atoms with Crippen molar-refractivity contribution in [1.82, 2.24) is 0 Å². The molecule has 0 atom stereocenters. The van der Waals surface area contributed by atoms with Crippen LogP contribution in [0.2, 0.25) is 0 Å². The average Bonchev–Trinajstić information content (AvgIpc) is 2.39. The highest BCUT2D eigenvalue weighted by molar-refractivity contribution is 5.53. The maximum atomic E-state index is 5.87. The molecule has 3 nitrogen and oxygen atoms in total. The quantitative estimate of drug-likeness (QED) is 0.660. The number of nitrogen functional groups attached to an aromatic ring is 1. The predicted molar refractivity (Wildman–Crippen MR) is 77.8 cm³/mol. The van der Waals surface area contributed by atoms with Gasteiger partial charge >= 0.3 is 0 Å². The molecular formula is C16H19NO2. The zero-order valence-electron chi connectivity index (χ0n) is 11.3. The zero-order chi connectivity index (χ0) is 13.7. The minimum atomic E-state index is 0.473. The Kier molecular flexibility index (Phi) is 4.29. The number of nitrogens with two attached hydrogens (primary N) is 1. The van der Waals surface area contributed by atoms with Gasteiger partial charge in [0.15, 0.2) is 0 Å². The number of anilines is 1. The lowest BCUT2D eigenvalue weighted by Gasteiger charge is -2.10. The van der Waals surface area contributed by atoms with Gasteiger partial charge in [-0.05, 0) is 43.7 Å². The molecule has 0 saturated carbocycles. The highest BCUT2D eigenvalue weighted by Gasteiger charge is 2.00. The second-order valence-electron chi connectivity index (χ2n) is 4.55. The van der Waals surface area contributed by atoms with Crippen LogP contribution in [0.5, 0.6) is 11.5 Å². The Balaban J connectivity index is 1.79. The molecule has 0 spiro atoms. The van der Waals surface area contributed by atoms with Gasteiger partial charge < -0.3 is 15.2 Å². The summed E-state index contributed by atoms with van der Waals surface area (Å²) in [6.45, 7) is 5.02. The summed E-state index contributed by atoms with van der Waals surface area (Å²) in [5, 5.41) is 0. The van der Waals surface area contributed by atoms with Crippen molar-refractivity contribution in [3.8, 4) is 11.5 Å². The second-order valence-corrected chi connectivity index (χ2v) is 4.55. The van der Waals surface area contributed by atoms with Gasteiger partial charge in [-0.3, -0.25) is 0 Å². The van der Waals surface area contributed by atoms with Crippen LogP contribution in [-0.4, -0.2) is 13.2 Å². The fourth-order valence-electron chi connectivity index (χ4n) is 1.74. The van der Waals surface area contributed by atoms with E-state index in [2.05, 4.69) is 0 Å². The fourth-order valence-corrected chi connectivity index (χ4v) is 1.74. The SMILES string of the molecule is Cc1ccc(OCCOc2ccc(C)cc2N)cc1. The third kappa shape index (κ3) is 3.91. The summed E-state index contributed by atoms with van der Waals surface area (Å²) >= 11 is 0. The van der Waals surface area contributed by atoms with E-state index in [1.807, 2.05) is 56.3 Å². The Morgan fingerprint density at radius 2 is 1.47 bits per heavy atom. The molecule has 0 aliphatic heterocycles. The van der Waals surface area contributed by atoms with E-state index >= 15 is 0 Å². The average molecular weight is 257 g/mol. The molecule has 0 aliphatic rings. The van der Waals surface area contributed by atoms with E-state index in [-0.39, 0.29) is 0 Å². The monoisotopic (exact) mass is 257 g/mol. The van der Waals surface area contributed by atoms with E-state index < -0.39 is 0 Å². The molecular weight excluding hydrogens is 238 g/mol. The number of benzene rings is 2. The lowest BCUT2D eigenvalue weighted by molar-refractivity contribution is 0.218. The van der Waals surface area contributed by atoms with Crippen molar-refractivity contribution >= 4 is 5.69 Å². The maximum absolute atomic E-state index is 5.87. The maximum Gasteiger partial charge on any atom is 0.142 e. The Labute approximate surface area is 114 Å². The molecule has 0 saturated heterocycles. The first-order valence-corrected chi connectivity index (χ1v) is 6.33. The third-order valence-electron chi connectivity index (χ3n) is 2.80. The van der Waals surface area contributed by atoms with Crippen LogP contribution in [0.25, 0.3) is 0 Å². The standard InChI is InChI=1S/C16H19NO2/c1-12-3-6-14(7-4-12)18-9-10-19-16-8-5-13(2)11-15(16)17/h3-8,11H,9-10,17H2,1-2H3. The fraction of sp³-hybridized carbons (Fsp3) is 0.250. The Bertz CT molecular complexity index is 535. The summed E-state index contributed by atoms with van der Waals surface area (Å²) in [5.41, 5.74) is 8.87. The highest BCUT2D eigenvalue weighted by Crippen LogP contribution is 2.22. The molecule has 100 valence electrons. The summed E-state index contributed by atoms with van der Waals surface area (Å²) in [7, 11) is 0. The molecule has 0 unspecified atom stereocenters. The topological polar surface area (TPSA) is 44.5 Å². The van der Waals surface area contributed by atoms with Crippen molar-refractivity contribution < 1.29 is 9.47 Å². The van der Waals surface area contributed by atoms with E-state index in [9.17, 15) is 0 Å². The van der Waals surface area contributed by atoms with Crippen LogP contribution in [0.3, 0.4) is 0 Å². The van der Waals surface area contributed by atoms with E-state index in [1.165, 1.54) is 5.56 Å². The van der Waals surface area contributed by atoms with Crippen LogP contribution >= 0.6 is 0 Å². The van der Waals surface area contributed by atoms with Crippen LogP contribution < -0.4 is 15.2 Å². The van der Waals surface area contributed by atoms with Crippen molar-refractivity contribution in [2.24, 2.45) is 0 Å². The molecule has 0 bridgehead atoms. The smallest absolute Gasteiger partial charge is 0.142 e. The Hall–Kier alpha value is -2.16. The molecule has 0 amide bonds. The number of ether oxygens (including phenoxy) is 2. The van der Waals surface area contributed by atoms with Gasteiger partial charge in [0.2, 0.25) is 0 Å². The summed E-state index contributed by atoms with van der Waals surface area (Å²) < 4.78 is 11.2. The minimum Gasteiger partial charge on any atom is -0.490 e. The van der Waals surface area contributed by atoms with Crippen molar-refractivity contribution in [1.29, 1.82) is 0 Å². The molecule has 0 radical (unpaired) electrons. The summed E-state index contributed by atoms with van der Waals surface area (Å²) in [6.07, 6.45) is 0. The van der Waals surface area contributed by atoms with Gasteiger partial charge in [-0.2, -0.15) is 0 Å². The van der Waals surface area contributed by atoms with Crippen molar-refractivity contribution in [2.45, 2.75) is 13.8 Å². The number of rotatable bonds is 5. The van der Waals surface area contributed by atoms with Gasteiger partial charge in [0.25, 0.3) is 0 Å². The van der Waals surface area contributed by atoms with Crippen LogP contribution in [-0.2, 0) is 0 Å². The van der Waals surface area contributed by atoms with Crippen molar-refractivity contribution in [3.63, 3.8) is 0 Å². The normalized spacial score (nSPS) is 10.2. The molecule has 3 heteroatoms. The number of hydrogen-bond acceptors (Lipinski definition) is 3. The number of aryl methyl sites for hydroxylation is 2. The van der Waals surface area contributed by atoms with Gasteiger partial charge in [0.05, 0.1) is 5.69 Å². The van der Waals surface area contributed by atoms with E-state index in [1.54, 1.807) is 0 Å². The van der Waals surface area contributed by atoms with Crippen LogP contribution in [0, 0.1) is 13.8 Å². The molecule has 0 aromatic heterocycles. The van der Waals surface area contributed by atoms with E-state index in [0.717, 1.165) is 11.3 Å². The molecule has 0 heterocycles. The van der Waals surface area contributed by atoms with Gasteiger partial charge in [-0.1, -0.05) is 23.8 Å². The molecule has 2 N–H and O–H groups in total. The van der Waals surface area contributed by atoms with Crippen molar-refractivity contribution in [3.05, 3.63) is 53.6 Å². The Morgan fingerprint density at radius 1 is 0.842 bits per heavy atom. The van der Waals surface area contributed by atoms with Crippen molar-refractivity contribution in [2.75, 3.05) is 18.9 Å². The highest BCUT2D eigenvalue weighted by atomic mass is 16.5. The van der Waals surface area contributed by atoms with Gasteiger partial charge in [-0.25, -0.2) is 0 Å². The third-order valence-corrected chi connectivity index (χ3v) is 2.80. The lowest BCUT2D eigenvalue weighted by Crippen LogP contribution is -2.10. The molecule has 2 rings (SSSR count). The minimum absolute atomic E-state index is 0.473. The van der Waals surface area contributed by atoms with Gasteiger partial charge in [-0.15, -0.1) is 0 Å². The first-order chi connectivity index (χ1) is 9.15. The molecule has 2 aromatic carbocycles. The molecule has 0 aliphatic carbocycles.